The summed E-state index contributed by atoms with van der Waals surface area (Å²) in [6.07, 6.45) is 2.43. The van der Waals surface area contributed by atoms with Crippen LogP contribution >= 0.6 is 0 Å². The van der Waals surface area contributed by atoms with Gasteiger partial charge in [0.1, 0.15) is 24.2 Å². The molecule has 0 radical (unpaired) electrons. The van der Waals surface area contributed by atoms with E-state index in [1.165, 1.54) is 6.33 Å². The van der Waals surface area contributed by atoms with E-state index in [0.29, 0.717) is 0 Å². The second-order valence-corrected chi connectivity index (χ2v) is 4.21. The highest BCUT2D eigenvalue weighted by Crippen LogP contribution is 2.19. The summed E-state index contributed by atoms with van der Waals surface area (Å²) in [5, 5.41) is 6.14. The van der Waals surface area contributed by atoms with E-state index in [0.717, 1.165) is 29.2 Å². The Morgan fingerprint density at radius 1 is 1.16 bits per heavy atom. The molecule has 1 aromatic carbocycles. The summed E-state index contributed by atoms with van der Waals surface area (Å²) in [6, 6.07) is 9.54. The molecule has 0 spiro atoms. The largest absolute Gasteiger partial charge is 0.373 e. The molecule has 0 fully saturated rings. The Labute approximate surface area is 112 Å². The fourth-order valence-electron chi connectivity index (χ4n) is 1.66. The van der Waals surface area contributed by atoms with Crippen molar-refractivity contribution >= 4 is 23.6 Å². The minimum atomic E-state index is -0.0796. The van der Waals surface area contributed by atoms with E-state index >= 15 is 0 Å². The molecule has 0 aliphatic carbocycles. The van der Waals surface area contributed by atoms with Gasteiger partial charge >= 0.3 is 0 Å². The lowest BCUT2D eigenvalue weighted by molar-refractivity contribution is -0.108. The molecule has 5 heteroatoms. The summed E-state index contributed by atoms with van der Waals surface area (Å²) >= 11 is 0. The highest BCUT2D eigenvalue weighted by molar-refractivity contribution is 5.64. The third kappa shape index (κ3) is 3.28. The van der Waals surface area contributed by atoms with Crippen LogP contribution in [0.5, 0.6) is 0 Å². The van der Waals surface area contributed by atoms with Crippen molar-refractivity contribution < 1.29 is 4.79 Å². The van der Waals surface area contributed by atoms with Crippen molar-refractivity contribution in [3.63, 3.8) is 0 Å². The van der Waals surface area contributed by atoms with Crippen LogP contribution in [0.2, 0.25) is 0 Å². The first-order chi connectivity index (χ1) is 9.22. The number of nitrogens with zero attached hydrogens (tertiary/aromatic N) is 2. The van der Waals surface area contributed by atoms with Crippen LogP contribution in [0.3, 0.4) is 0 Å². The quantitative estimate of drug-likeness (QED) is 0.805. The zero-order chi connectivity index (χ0) is 13.7. The highest BCUT2D eigenvalue weighted by Gasteiger charge is 2.03. The predicted molar refractivity (Wildman–Crippen MR) is 75.8 cm³/mol. The minimum absolute atomic E-state index is 0.0796. The van der Waals surface area contributed by atoms with Gasteiger partial charge in [0.15, 0.2) is 0 Å². The summed E-state index contributed by atoms with van der Waals surface area (Å²) in [5.74, 6) is 1.39. The fourth-order valence-corrected chi connectivity index (χ4v) is 1.66. The first-order valence-corrected chi connectivity index (χ1v) is 6.05. The number of hydrogen-bond acceptors (Lipinski definition) is 5. The molecule has 98 valence electrons. The molecule has 2 rings (SSSR count). The molecule has 1 atom stereocenters. The monoisotopic (exact) mass is 256 g/mol. The lowest BCUT2D eigenvalue weighted by Crippen LogP contribution is -1.99. The Hall–Kier alpha value is -2.43. The maximum atomic E-state index is 10.7. The topological polar surface area (TPSA) is 66.9 Å². The van der Waals surface area contributed by atoms with Crippen LogP contribution < -0.4 is 10.6 Å². The third-order valence-electron chi connectivity index (χ3n) is 2.84. The molecule has 0 aliphatic heterocycles. The highest BCUT2D eigenvalue weighted by atomic mass is 16.1. The zero-order valence-corrected chi connectivity index (χ0v) is 10.9. The van der Waals surface area contributed by atoms with Gasteiger partial charge in [0.2, 0.25) is 0 Å². The van der Waals surface area contributed by atoms with Crippen LogP contribution in [0.4, 0.5) is 17.3 Å². The van der Waals surface area contributed by atoms with Crippen molar-refractivity contribution in [1.29, 1.82) is 0 Å². The lowest BCUT2D eigenvalue weighted by Gasteiger charge is -2.08. The predicted octanol–water partition coefficient (Wildman–Crippen LogP) is 2.56. The molecule has 0 amide bonds. The van der Waals surface area contributed by atoms with Gasteiger partial charge in [-0.15, -0.1) is 0 Å². The van der Waals surface area contributed by atoms with Crippen molar-refractivity contribution in [2.24, 2.45) is 0 Å². The maximum Gasteiger partial charge on any atom is 0.135 e. The average Bonchev–Trinajstić information content (AvgIpc) is 2.47. The Kier molecular flexibility index (Phi) is 4.07. The number of hydrogen-bond donors (Lipinski definition) is 2. The van der Waals surface area contributed by atoms with Gasteiger partial charge in [0.25, 0.3) is 0 Å². The average molecular weight is 256 g/mol. The third-order valence-corrected chi connectivity index (χ3v) is 2.84. The number of nitrogens with one attached hydrogen (secondary N) is 2. The van der Waals surface area contributed by atoms with Gasteiger partial charge in [-0.2, -0.15) is 0 Å². The number of rotatable bonds is 5. The summed E-state index contributed by atoms with van der Waals surface area (Å²) in [7, 11) is 1.81. The number of benzene rings is 1. The number of carbonyl (C=O) groups is 1. The van der Waals surface area contributed by atoms with Gasteiger partial charge in [-0.25, -0.2) is 9.97 Å². The zero-order valence-electron chi connectivity index (χ0n) is 10.9. The van der Waals surface area contributed by atoms with Gasteiger partial charge in [-0.3, -0.25) is 0 Å². The van der Waals surface area contributed by atoms with Gasteiger partial charge < -0.3 is 15.4 Å². The van der Waals surface area contributed by atoms with Gasteiger partial charge in [-0.05, 0) is 17.7 Å². The normalized spacial score (nSPS) is 11.7. The Morgan fingerprint density at radius 2 is 1.84 bits per heavy atom. The van der Waals surface area contributed by atoms with Gasteiger partial charge in [0, 0.05) is 24.7 Å². The molecule has 1 unspecified atom stereocenters. The summed E-state index contributed by atoms with van der Waals surface area (Å²) in [4.78, 5) is 18.9. The molecular formula is C14H16N4O. The molecule has 0 bridgehead atoms. The summed E-state index contributed by atoms with van der Waals surface area (Å²) in [5.41, 5.74) is 1.92. The maximum absolute atomic E-state index is 10.7. The van der Waals surface area contributed by atoms with E-state index in [-0.39, 0.29) is 5.92 Å². The number of aldehydes is 1. The molecule has 2 aromatic rings. The first-order valence-electron chi connectivity index (χ1n) is 6.05. The van der Waals surface area contributed by atoms with Crippen molar-refractivity contribution in [3.05, 3.63) is 42.2 Å². The van der Waals surface area contributed by atoms with Gasteiger partial charge in [-0.1, -0.05) is 19.1 Å². The molecule has 19 heavy (non-hydrogen) atoms. The molecule has 1 aromatic heterocycles. The lowest BCUT2D eigenvalue weighted by atomic mass is 10.0. The van der Waals surface area contributed by atoms with Crippen molar-refractivity contribution in [1.82, 2.24) is 9.97 Å². The Bertz CT molecular complexity index is 554. The summed E-state index contributed by atoms with van der Waals surface area (Å²) < 4.78 is 0. The van der Waals surface area contributed by atoms with Gasteiger partial charge in [0.05, 0.1) is 0 Å². The molecular weight excluding hydrogens is 240 g/mol. The molecule has 0 saturated heterocycles. The standard InChI is InChI=1S/C14H16N4O/c1-10(8-19)11-3-5-12(6-4-11)18-14-7-13(15-2)16-9-17-14/h3-10H,1-2H3,(H2,15,16,17,18). The van der Waals surface area contributed by atoms with Crippen molar-refractivity contribution in [2.75, 3.05) is 17.7 Å². The van der Waals surface area contributed by atoms with E-state index in [4.69, 9.17) is 0 Å². The molecule has 0 aliphatic rings. The second-order valence-electron chi connectivity index (χ2n) is 4.21. The van der Waals surface area contributed by atoms with Crippen LogP contribution in [0.1, 0.15) is 18.4 Å². The molecule has 2 N–H and O–H groups in total. The molecule has 1 heterocycles. The van der Waals surface area contributed by atoms with Crippen LogP contribution in [-0.4, -0.2) is 23.3 Å². The van der Waals surface area contributed by atoms with Crippen molar-refractivity contribution in [3.8, 4) is 0 Å². The minimum Gasteiger partial charge on any atom is -0.373 e. The van der Waals surface area contributed by atoms with E-state index in [2.05, 4.69) is 20.6 Å². The number of carbonyl (C=O) groups excluding carboxylic acids is 1. The van der Waals surface area contributed by atoms with Crippen molar-refractivity contribution in [2.45, 2.75) is 12.8 Å². The Balaban J connectivity index is 2.12. The van der Waals surface area contributed by atoms with Crippen LogP contribution in [-0.2, 0) is 4.79 Å². The van der Waals surface area contributed by atoms with E-state index in [9.17, 15) is 4.79 Å². The number of aromatic nitrogens is 2. The van der Waals surface area contributed by atoms with Crippen LogP contribution in [0.25, 0.3) is 0 Å². The van der Waals surface area contributed by atoms with E-state index < -0.39 is 0 Å². The van der Waals surface area contributed by atoms with Crippen LogP contribution in [0.15, 0.2) is 36.7 Å². The van der Waals surface area contributed by atoms with E-state index in [1.54, 1.807) is 0 Å². The second kappa shape index (κ2) is 5.95. The number of anilines is 3. The first kappa shape index (κ1) is 13.0. The Morgan fingerprint density at radius 3 is 2.47 bits per heavy atom. The van der Waals surface area contributed by atoms with Crippen LogP contribution in [0, 0.1) is 0 Å². The summed E-state index contributed by atoms with van der Waals surface area (Å²) in [6.45, 7) is 1.87. The fraction of sp³-hybridized carbons (Fsp3) is 0.214. The molecule has 0 saturated carbocycles. The van der Waals surface area contributed by atoms with E-state index in [1.807, 2.05) is 44.3 Å². The molecule has 5 nitrogen and oxygen atoms in total. The SMILES string of the molecule is CNc1cc(Nc2ccc(C(C)C=O)cc2)ncn1. The smallest absolute Gasteiger partial charge is 0.135 e.